The molecule has 23 heavy (non-hydrogen) atoms. The van der Waals surface area contributed by atoms with Crippen LogP contribution in [0.5, 0.6) is 11.5 Å². The molecule has 3 aliphatic rings. The van der Waals surface area contributed by atoms with Crippen LogP contribution < -0.4 is 9.47 Å². The van der Waals surface area contributed by atoms with Crippen LogP contribution in [-0.2, 0) is 4.74 Å². The molecule has 2 aliphatic heterocycles. The maximum Gasteiger partial charge on any atom is 0.181 e. The van der Waals surface area contributed by atoms with E-state index in [-0.39, 0.29) is 12.0 Å². The van der Waals surface area contributed by atoms with E-state index in [1.807, 2.05) is 12.1 Å². The Labute approximate surface area is 136 Å². The molecular weight excluding hydrogens is 294 g/mol. The SMILES string of the molecule is COc1cc2c(cc1OC)[C@H](O)O[C@@H]1CC=C3CCN(C)[C@@H]3[C@@H]21. The Balaban J connectivity index is 1.86. The van der Waals surface area contributed by atoms with Crippen molar-refractivity contribution in [2.75, 3.05) is 27.8 Å². The molecule has 0 bridgehead atoms. The first-order valence-electron chi connectivity index (χ1n) is 8.12. The summed E-state index contributed by atoms with van der Waals surface area (Å²) in [5.74, 6) is 1.55. The summed E-state index contributed by atoms with van der Waals surface area (Å²) in [5, 5.41) is 10.4. The van der Waals surface area contributed by atoms with E-state index in [2.05, 4.69) is 18.0 Å². The summed E-state index contributed by atoms with van der Waals surface area (Å²) in [6.45, 7) is 1.07. The van der Waals surface area contributed by atoms with Gasteiger partial charge >= 0.3 is 0 Å². The lowest BCUT2D eigenvalue weighted by Crippen LogP contribution is -2.44. The number of hydrogen-bond donors (Lipinski definition) is 1. The van der Waals surface area contributed by atoms with E-state index in [9.17, 15) is 5.11 Å². The first-order chi connectivity index (χ1) is 11.1. The summed E-state index contributed by atoms with van der Waals surface area (Å²) in [6, 6.07) is 4.22. The fraction of sp³-hybridized carbons (Fsp3) is 0.556. The normalized spacial score (nSPS) is 32.6. The Bertz CT molecular complexity index is 657. The van der Waals surface area contributed by atoms with Crippen LogP contribution in [0.4, 0.5) is 0 Å². The van der Waals surface area contributed by atoms with Crippen molar-refractivity contribution in [3.8, 4) is 11.5 Å². The van der Waals surface area contributed by atoms with E-state index >= 15 is 0 Å². The third-order valence-corrected chi connectivity index (χ3v) is 5.48. The highest BCUT2D eigenvalue weighted by Gasteiger charge is 2.46. The van der Waals surface area contributed by atoms with Crippen molar-refractivity contribution in [3.05, 3.63) is 34.9 Å². The minimum Gasteiger partial charge on any atom is -0.493 e. The average Bonchev–Trinajstić information content (AvgIpc) is 2.95. The van der Waals surface area contributed by atoms with Gasteiger partial charge in [0, 0.05) is 24.1 Å². The number of benzene rings is 1. The first kappa shape index (κ1) is 15.0. The molecule has 1 saturated heterocycles. The largest absolute Gasteiger partial charge is 0.493 e. The third kappa shape index (κ3) is 2.18. The van der Waals surface area contributed by atoms with E-state index in [1.54, 1.807) is 14.2 Å². The number of likely N-dealkylation sites (N-methyl/N-ethyl adjacent to an activating group) is 1. The Morgan fingerprint density at radius 3 is 2.57 bits per heavy atom. The maximum absolute atomic E-state index is 10.4. The van der Waals surface area contributed by atoms with Crippen molar-refractivity contribution in [2.24, 2.45) is 0 Å². The Kier molecular flexibility index (Phi) is 3.59. The van der Waals surface area contributed by atoms with Crippen LogP contribution >= 0.6 is 0 Å². The van der Waals surface area contributed by atoms with Crippen LogP contribution in [0, 0.1) is 0 Å². The molecular formula is C18H23NO4. The summed E-state index contributed by atoms with van der Waals surface area (Å²) in [5.41, 5.74) is 3.41. The third-order valence-electron chi connectivity index (χ3n) is 5.48. The van der Waals surface area contributed by atoms with E-state index in [0.717, 1.165) is 30.5 Å². The van der Waals surface area contributed by atoms with Crippen molar-refractivity contribution in [1.29, 1.82) is 0 Å². The van der Waals surface area contributed by atoms with Gasteiger partial charge in [0.15, 0.2) is 17.8 Å². The topological polar surface area (TPSA) is 51.2 Å². The van der Waals surface area contributed by atoms with Crippen LogP contribution in [0.2, 0.25) is 0 Å². The predicted molar refractivity (Wildman–Crippen MR) is 85.9 cm³/mol. The summed E-state index contributed by atoms with van der Waals surface area (Å²) < 4.78 is 16.8. The monoisotopic (exact) mass is 317 g/mol. The van der Waals surface area contributed by atoms with Gasteiger partial charge in [0.25, 0.3) is 0 Å². The smallest absolute Gasteiger partial charge is 0.181 e. The van der Waals surface area contributed by atoms with Crippen LogP contribution in [0.15, 0.2) is 23.8 Å². The van der Waals surface area contributed by atoms with Crippen LogP contribution in [0.25, 0.3) is 0 Å². The van der Waals surface area contributed by atoms with Gasteiger partial charge in [-0.3, -0.25) is 4.90 Å². The molecule has 0 unspecified atom stereocenters. The van der Waals surface area contributed by atoms with Gasteiger partial charge in [0.2, 0.25) is 0 Å². The van der Waals surface area contributed by atoms with Crippen LogP contribution in [-0.4, -0.2) is 50.0 Å². The Morgan fingerprint density at radius 2 is 1.87 bits per heavy atom. The zero-order valence-electron chi connectivity index (χ0n) is 13.8. The molecule has 0 saturated carbocycles. The molecule has 1 aromatic rings. The molecule has 0 radical (unpaired) electrons. The molecule has 0 spiro atoms. The average molecular weight is 317 g/mol. The van der Waals surface area contributed by atoms with Gasteiger partial charge in [-0.15, -0.1) is 0 Å². The molecule has 1 aliphatic carbocycles. The lowest BCUT2D eigenvalue weighted by atomic mass is 9.74. The molecule has 1 N–H and O–H groups in total. The van der Waals surface area contributed by atoms with E-state index in [0.29, 0.717) is 17.5 Å². The summed E-state index contributed by atoms with van der Waals surface area (Å²) in [6.07, 6.45) is 3.37. The standard InChI is InChI=1S/C18H23NO4/c1-19-7-6-10-4-5-13-16(17(10)19)11-8-14(21-2)15(22-3)9-12(11)18(20)23-13/h4,8-9,13,16-18,20H,5-7H2,1-3H3/t13-,16+,17+,18-/m1/s1. The second-order valence-electron chi connectivity index (χ2n) is 6.58. The molecule has 0 amide bonds. The number of nitrogens with zero attached hydrogens (tertiary/aromatic N) is 1. The molecule has 1 aromatic carbocycles. The number of likely N-dealkylation sites (tertiary alicyclic amines) is 1. The number of aliphatic hydroxyl groups excluding tert-OH is 1. The highest BCUT2D eigenvalue weighted by molar-refractivity contribution is 5.52. The van der Waals surface area contributed by atoms with Gasteiger partial charge in [-0.1, -0.05) is 11.6 Å². The van der Waals surface area contributed by atoms with E-state index < -0.39 is 6.29 Å². The van der Waals surface area contributed by atoms with Crippen molar-refractivity contribution in [2.45, 2.75) is 37.2 Å². The van der Waals surface area contributed by atoms with Gasteiger partial charge in [0.1, 0.15) is 0 Å². The number of rotatable bonds is 2. The maximum atomic E-state index is 10.4. The molecule has 4 atom stereocenters. The first-order valence-corrected chi connectivity index (χ1v) is 8.12. The zero-order valence-corrected chi connectivity index (χ0v) is 13.8. The van der Waals surface area contributed by atoms with Gasteiger partial charge in [0.05, 0.1) is 20.3 Å². The molecule has 0 aromatic heterocycles. The molecule has 4 rings (SSSR count). The number of methoxy groups -OCH3 is 2. The Hall–Kier alpha value is -1.56. The summed E-state index contributed by atoms with van der Waals surface area (Å²) in [7, 11) is 5.42. The van der Waals surface area contributed by atoms with Crippen molar-refractivity contribution in [1.82, 2.24) is 4.90 Å². The van der Waals surface area contributed by atoms with Crippen molar-refractivity contribution < 1.29 is 19.3 Å². The van der Waals surface area contributed by atoms with Gasteiger partial charge in [-0.05, 0) is 37.6 Å². The fourth-order valence-corrected chi connectivity index (χ4v) is 4.38. The number of hydrogen-bond acceptors (Lipinski definition) is 5. The van der Waals surface area contributed by atoms with Crippen LogP contribution in [0.1, 0.15) is 36.2 Å². The minimum atomic E-state index is -0.910. The predicted octanol–water partition coefficient (Wildman–Crippen LogP) is 2.21. The zero-order chi connectivity index (χ0) is 16.1. The van der Waals surface area contributed by atoms with Crippen molar-refractivity contribution in [3.63, 3.8) is 0 Å². The number of fused-ring (bicyclic) bond motifs is 5. The second kappa shape index (κ2) is 5.51. The highest BCUT2D eigenvalue weighted by atomic mass is 16.6. The molecule has 124 valence electrons. The van der Waals surface area contributed by atoms with Crippen LogP contribution in [0.3, 0.4) is 0 Å². The minimum absolute atomic E-state index is 0.00454. The van der Waals surface area contributed by atoms with E-state index in [1.165, 1.54) is 5.57 Å². The molecule has 1 fully saturated rings. The molecule has 2 heterocycles. The van der Waals surface area contributed by atoms with Crippen molar-refractivity contribution >= 4 is 0 Å². The summed E-state index contributed by atoms with van der Waals surface area (Å²) in [4.78, 5) is 2.39. The lowest BCUT2D eigenvalue weighted by molar-refractivity contribution is -0.162. The number of ether oxygens (including phenoxy) is 3. The lowest BCUT2D eigenvalue weighted by Gasteiger charge is -2.44. The summed E-state index contributed by atoms with van der Waals surface area (Å²) >= 11 is 0. The van der Waals surface area contributed by atoms with Gasteiger partial charge in [-0.2, -0.15) is 0 Å². The second-order valence-corrected chi connectivity index (χ2v) is 6.58. The fourth-order valence-electron chi connectivity index (χ4n) is 4.38. The number of aliphatic hydroxyl groups is 1. The highest BCUT2D eigenvalue weighted by Crippen LogP contribution is 2.50. The quantitative estimate of drug-likeness (QED) is 0.848. The molecule has 5 heteroatoms. The molecule has 5 nitrogen and oxygen atoms in total. The van der Waals surface area contributed by atoms with Gasteiger partial charge < -0.3 is 19.3 Å². The van der Waals surface area contributed by atoms with E-state index in [4.69, 9.17) is 14.2 Å². The Morgan fingerprint density at radius 1 is 1.17 bits per heavy atom. The van der Waals surface area contributed by atoms with Gasteiger partial charge in [-0.25, -0.2) is 0 Å².